The smallest absolute Gasteiger partial charge is 0.410 e. The van der Waals surface area contributed by atoms with Crippen molar-refractivity contribution in [2.75, 3.05) is 6.26 Å². The Balaban J connectivity index is 2.56. The lowest BCUT2D eigenvalue weighted by atomic mass is 10.3. The van der Waals surface area contributed by atoms with Crippen molar-refractivity contribution in [2.24, 2.45) is 0 Å². The Kier molecular flexibility index (Phi) is 5.58. The molecule has 0 aliphatic carbocycles. The minimum atomic E-state index is -3.94. The van der Waals surface area contributed by atoms with E-state index in [1.165, 1.54) is 30.0 Å². The van der Waals surface area contributed by atoms with Crippen LogP contribution < -0.4 is 5.32 Å². The highest BCUT2D eigenvalue weighted by Crippen LogP contribution is 2.38. The summed E-state index contributed by atoms with van der Waals surface area (Å²) in [6, 6.07) is 5.10. The summed E-state index contributed by atoms with van der Waals surface area (Å²) >= 11 is 5.31. The van der Waals surface area contributed by atoms with Gasteiger partial charge in [-0.15, -0.1) is 23.1 Å². The van der Waals surface area contributed by atoms with Crippen LogP contribution in [0, 0.1) is 5.41 Å². The van der Waals surface area contributed by atoms with Crippen LogP contribution in [0.1, 0.15) is 4.88 Å². The topological polar surface area (TPSA) is 128 Å². The van der Waals surface area contributed by atoms with Crippen molar-refractivity contribution in [1.29, 1.82) is 5.41 Å². The van der Waals surface area contributed by atoms with Gasteiger partial charge in [-0.2, -0.15) is 0 Å². The molecule has 0 radical (unpaired) electrons. The second-order valence-electron chi connectivity index (χ2n) is 4.42. The Hall–Kier alpha value is -1.56. The molecule has 4 N–H and O–H groups in total. The van der Waals surface area contributed by atoms with Gasteiger partial charge in [0, 0.05) is 4.47 Å². The van der Waals surface area contributed by atoms with Crippen molar-refractivity contribution >= 4 is 60.8 Å². The molecule has 0 saturated carbocycles. The monoisotopic (exact) mass is 450 g/mol. The van der Waals surface area contributed by atoms with E-state index in [1.54, 1.807) is 6.26 Å². The number of sulfone groups is 1. The number of rotatable bonds is 4. The molecule has 0 aliphatic heterocycles. The molecule has 0 fully saturated rings. The number of thioether (sulfide) groups is 1. The van der Waals surface area contributed by atoms with Crippen LogP contribution in [0.2, 0.25) is 0 Å². The number of amides is 1. The second-order valence-corrected chi connectivity index (χ2v) is 9.38. The molecular formula is C13H11BrN2O5S3. The zero-order chi connectivity index (χ0) is 18.1. The van der Waals surface area contributed by atoms with Gasteiger partial charge in [0.25, 0.3) is 0 Å². The van der Waals surface area contributed by atoms with Crippen LogP contribution in [0.3, 0.4) is 0 Å². The number of benzene rings is 1. The highest BCUT2D eigenvalue weighted by molar-refractivity contribution is 9.10. The number of hydrogen-bond donors (Lipinski definition) is 4. The van der Waals surface area contributed by atoms with Crippen LogP contribution in [-0.2, 0) is 9.84 Å². The molecule has 0 aliphatic rings. The first kappa shape index (κ1) is 18.8. The fourth-order valence-corrected chi connectivity index (χ4v) is 6.41. The minimum absolute atomic E-state index is 0.0376. The number of nitrogens with one attached hydrogen (secondary N) is 2. The molecule has 0 saturated heterocycles. The summed E-state index contributed by atoms with van der Waals surface area (Å²) in [6.07, 6.45) is 0.279. The molecule has 0 spiro atoms. The normalized spacial score (nSPS) is 11.2. The molecule has 0 atom stereocenters. The predicted octanol–water partition coefficient (Wildman–Crippen LogP) is 3.36. The molecule has 1 amide bonds. The molecule has 128 valence electrons. The van der Waals surface area contributed by atoms with Gasteiger partial charge in [-0.25, -0.2) is 13.2 Å². The van der Waals surface area contributed by atoms with Crippen molar-refractivity contribution < 1.29 is 23.4 Å². The van der Waals surface area contributed by atoms with Crippen molar-refractivity contribution in [3.8, 4) is 5.75 Å². The van der Waals surface area contributed by atoms with Crippen LogP contribution in [0.15, 0.2) is 42.7 Å². The van der Waals surface area contributed by atoms with Gasteiger partial charge in [0.05, 0.1) is 18.9 Å². The number of phenolic OH excluding ortho intramolecular Hbond substituents is 1. The van der Waals surface area contributed by atoms with Crippen LogP contribution in [0.5, 0.6) is 5.75 Å². The standard InChI is InChI=1S/C13H11BrN2O5S3/c1-22-12-10(5-9(23-12)11(15)16-13(18)19)24(20,21)8-3-6(14)2-7(17)4-8/h2-5,17H,1H3,(H2,15,16)(H,18,19). The number of carbonyl (C=O) groups is 1. The summed E-state index contributed by atoms with van der Waals surface area (Å²) < 4.78 is 26.5. The molecule has 2 rings (SSSR count). The fourth-order valence-electron chi connectivity index (χ4n) is 1.81. The van der Waals surface area contributed by atoms with Gasteiger partial charge in [-0.1, -0.05) is 15.9 Å². The largest absolute Gasteiger partial charge is 0.508 e. The molecule has 7 nitrogen and oxygen atoms in total. The highest BCUT2D eigenvalue weighted by atomic mass is 79.9. The summed E-state index contributed by atoms with van der Waals surface area (Å²) in [5, 5.41) is 27.9. The molecule has 0 bridgehead atoms. The van der Waals surface area contributed by atoms with Gasteiger partial charge < -0.3 is 10.2 Å². The Bertz CT molecular complexity index is 903. The fraction of sp³-hybridized carbons (Fsp3) is 0.0769. The zero-order valence-corrected chi connectivity index (χ0v) is 16.1. The van der Waals surface area contributed by atoms with E-state index in [0.29, 0.717) is 8.68 Å². The molecule has 11 heteroatoms. The van der Waals surface area contributed by atoms with Gasteiger partial charge in [0.2, 0.25) is 9.84 Å². The number of amidine groups is 1. The van der Waals surface area contributed by atoms with Crippen molar-refractivity contribution in [2.45, 2.75) is 14.0 Å². The number of carboxylic acid groups (broad SMARTS) is 1. The van der Waals surface area contributed by atoms with E-state index < -0.39 is 21.8 Å². The predicted molar refractivity (Wildman–Crippen MR) is 95.3 cm³/mol. The van der Waals surface area contributed by atoms with Crippen molar-refractivity contribution in [1.82, 2.24) is 5.32 Å². The quantitative estimate of drug-likeness (QED) is 0.321. The molecule has 1 aromatic heterocycles. The van der Waals surface area contributed by atoms with Gasteiger partial charge in [0.1, 0.15) is 11.6 Å². The summed E-state index contributed by atoms with van der Waals surface area (Å²) in [5.41, 5.74) is 0. The third-order valence-electron chi connectivity index (χ3n) is 2.79. The highest BCUT2D eigenvalue weighted by Gasteiger charge is 2.26. The van der Waals surface area contributed by atoms with E-state index >= 15 is 0 Å². The van der Waals surface area contributed by atoms with Gasteiger partial charge in [-0.3, -0.25) is 10.7 Å². The molecule has 2 aromatic rings. The van der Waals surface area contributed by atoms with Crippen LogP contribution in [0.25, 0.3) is 0 Å². The summed E-state index contributed by atoms with van der Waals surface area (Å²) in [4.78, 5) is 10.7. The first-order chi connectivity index (χ1) is 11.1. The maximum Gasteiger partial charge on any atom is 0.410 e. The number of halogens is 1. The average Bonchev–Trinajstić information content (AvgIpc) is 2.90. The third-order valence-corrected chi connectivity index (χ3v) is 7.55. The molecule has 1 aromatic carbocycles. The Morgan fingerprint density at radius 3 is 2.54 bits per heavy atom. The first-order valence-electron chi connectivity index (χ1n) is 6.16. The molecule has 0 unspecified atom stereocenters. The lowest BCUT2D eigenvalue weighted by molar-refractivity contribution is 0.200. The molecule has 1 heterocycles. The first-order valence-corrected chi connectivity index (χ1v) is 10.5. The Morgan fingerprint density at radius 1 is 1.33 bits per heavy atom. The SMILES string of the molecule is CSc1sc(C(=N)NC(=O)O)cc1S(=O)(=O)c1cc(O)cc(Br)c1. The van der Waals surface area contributed by atoms with Crippen LogP contribution in [-0.4, -0.2) is 36.8 Å². The van der Waals surface area contributed by atoms with Crippen molar-refractivity contribution in [3.63, 3.8) is 0 Å². The van der Waals surface area contributed by atoms with E-state index in [-0.39, 0.29) is 20.4 Å². The van der Waals surface area contributed by atoms with Gasteiger partial charge in [0.15, 0.2) is 0 Å². The van der Waals surface area contributed by atoms with Gasteiger partial charge in [-0.05, 0) is 30.5 Å². The summed E-state index contributed by atoms with van der Waals surface area (Å²) in [7, 11) is -3.94. The second kappa shape index (κ2) is 7.13. The Labute approximate surface area is 154 Å². The average molecular weight is 451 g/mol. The van der Waals surface area contributed by atoms with Gasteiger partial charge >= 0.3 is 6.09 Å². The van der Waals surface area contributed by atoms with E-state index in [1.807, 2.05) is 5.32 Å². The maximum atomic E-state index is 12.8. The van der Waals surface area contributed by atoms with Crippen LogP contribution >= 0.6 is 39.0 Å². The minimum Gasteiger partial charge on any atom is -0.508 e. The number of hydrogen-bond acceptors (Lipinski definition) is 7. The molecular weight excluding hydrogens is 440 g/mol. The lowest BCUT2D eigenvalue weighted by Crippen LogP contribution is -2.27. The third kappa shape index (κ3) is 3.91. The van der Waals surface area contributed by atoms with Crippen molar-refractivity contribution in [3.05, 3.63) is 33.6 Å². The Morgan fingerprint density at radius 2 is 2.00 bits per heavy atom. The summed E-state index contributed by atoms with van der Waals surface area (Å²) in [5.74, 6) is -0.606. The number of phenols is 1. The van der Waals surface area contributed by atoms with E-state index in [9.17, 15) is 18.3 Å². The van der Waals surface area contributed by atoms with Crippen LogP contribution in [0.4, 0.5) is 4.79 Å². The zero-order valence-electron chi connectivity index (χ0n) is 12.0. The number of thiophene rings is 1. The molecule has 24 heavy (non-hydrogen) atoms. The van der Waals surface area contributed by atoms with E-state index in [2.05, 4.69) is 15.9 Å². The summed E-state index contributed by atoms with van der Waals surface area (Å²) in [6.45, 7) is 0. The van der Waals surface area contributed by atoms with E-state index in [0.717, 1.165) is 17.4 Å². The van der Waals surface area contributed by atoms with E-state index in [4.69, 9.17) is 10.5 Å². The maximum absolute atomic E-state index is 12.8. The lowest BCUT2D eigenvalue weighted by Gasteiger charge is -2.06. The number of aromatic hydroxyl groups is 1.